The average molecular weight is 267 g/mol. The van der Waals surface area contributed by atoms with Crippen LogP contribution in [0.4, 0.5) is 0 Å². The van der Waals surface area contributed by atoms with E-state index in [9.17, 15) is 4.79 Å². The predicted molar refractivity (Wildman–Crippen MR) is 70.6 cm³/mol. The third-order valence-electron chi connectivity index (χ3n) is 2.17. The van der Waals surface area contributed by atoms with E-state index in [1.54, 1.807) is 5.38 Å². The maximum Gasteiger partial charge on any atom is 0.270 e. The predicted octanol–water partition coefficient (Wildman–Crippen LogP) is 3.21. The van der Waals surface area contributed by atoms with Gasteiger partial charge in [-0.15, -0.1) is 11.3 Å². The molecular formula is C12H11ClN2OS. The first-order valence-corrected chi connectivity index (χ1v) is 6.46. The van der Waals surface area contributed by atoms with Gasteiger partial charge < -0.3 is 5.32 Å². The number of nitrogens with zero attached hydrogens (tertiary/aromatic N) is 1. The van der Waals surface area contributed by atoms with Crippen molar-refractivity contribution in [3.8, 4) is 10.6 Å². The molecule has 2 rings (SSSR count). The summed E-state index contributed by atoms with van der Waals surface area (Å²) in [4.78, 5) is 15.8. The molecule has 17 heavy (non-hydrogen) atoms. The average Bonchev–Trinajstić information content (AvgIpc) is 2.80. The van der Waals surface area contributed by atoms with Crippen molar-refractivity contribution in [3.05, 3.63) is 40.4 Å². The molecule has 1 aromatic carbocycles. The maximum atomic E-state index is 11.6. The summed E-state index contributed by atoms with van der Waals surface area (Å²) in [5.41, 5.74) is 1.43. The van der Waals surface area contributed by atoms with Crippen LogP contribution in [-0.2, 0) is 0 Å². The van der Waals surface area contributed by atoms with Gasteiger partial charge in [-0.05, 0) is 19.1 Å². The van der Waals surface area contributed by atoms with Gasteiger partial charge in [0.2, 0.25) is 0 Å². The van der Waals surface area contributed by atoms with E-state index in [0.29, 0.717) is 17.3 Å². The zero-order valence-electron chi connectivity index (χ0n) is 9.24. The molecule has 0 bridgehead atoms. The number of carbonyl (C=O) groups is 1. The smallest absolute Gasteiger partial charge is 0.270 e. The Bertz CT molecular complexity index is 522. The molecule has 0 aliphatic carbocycles. The van der Waals surface area contributed by atoms with E-state index < -0.39 is 0 Å². The molecule has 0 spiro atoms. The zero-order chi connectivity index (χ0) is 12.3. The molecule has 0 unspecified atom stereocenters. The highest BCUT2D eigenvalue weighted by Gasteiger charge is 2.10. The van der Waals surface area contributed by atoms with Gasteiger partial charge in [-0.2, -0.15) is 0 Å². The lowest BCUT2D eigenvalue weighted by atomic mass is 10.2. The van der Waals surface area contributed by atoms with E-state index in [4.69, 9.17) is 11.6 Å². The summed E-state index contributed by atoms with van der Waals surface area (Å²) >= 11 is 7.26. The van der Waals surface area contributed by atoms with Crippen LogP contribution in [0.2, 0.25) is 5.02 Å². The Morgan fingerprint density at radius 3 is 2.76 bits per heavy atom. The van der Waals surface area contributed by atoms with Crippen LogP contribution in [0, 0.1) is 0 Å². The van der Waals surface area contributed by atoms with Gasteiger partial charge in [0.05, 0.1) is 0 Å². The molecule has 5 heteroatoms. The van der Waals surface area contributed by atoms with Crippen molar-refractivity contribution in [2.45, 2.75) is 6.92 Å². The summed E-state index contributed by atoms with van der Waals surface area (Å²) in [7, 11) is 0. The maximum absolute atomic E-state index is 11.6. The number of hydrogen-bond acceptors (Lipinski definition) is 3. The van der Waals surface area contributed by atoms with Crippen molar-refractivity contribution in [2.75, 3.05) is 6.54 Å². The molecule has 0 fully saturated rings. The van der Waals surface area contributed by atoms with Crippen LogP contribution < -0.4 is 5.32 Å². The lowest BCUT2D eigenvalue weighted by Crippen LogP contribution is -2.22. The topological polar surface area (TPSA) is 42.0 Å². The minimum atomic E-state index is -0.135. The number of hydrogen-bond donors (Lipinski definition) is 1. The van der Waals surface area contributed by atoms with Crippen LogP contribution in [0.15, 0.2) is 29.6 Å². The number of aromatic nitrogens is 1. The first-order valence-electron chi connectivity index (χ1n) is 5.20. The Morgan fingerprint density at radius 1 is 1.41 bits per heavy atom. The number of benzene rings is 1. The van der Waals surface area contributed by atoms with Gasteiger partial charge in [-0.25, -0.2) is 4.98 Å². The van der Waals surface area contributed by atoms with E-state index >= 15 is 0 Å². The van der Waals surface area contributed by atoms with Gasteiger partial charge >= 0.3 is 0 Å². The van der Waals surface area contributed by atoms with Crippen molar-refractivity contribution in [3.63, 3.8) is 0 Å². The Labute approximate surface area is 108 Å². The van der Waals surface area contributed by atoms with Gasteiger partial charge in [0.25, 0.3) is 5.91 Å². The van der Waals surface area contributed by atoms with Crippen LogP contribution in [0.25, 0.3) is 10.6 Å². The van der Waals surface area contributed by atoms with Crippen LogP contribution in [-0.4, -0.2) is 17.4 Å². The molecule has 88 valence electrons. The Hall–Kier alpha value is -1.39. The lowest BCUT2D eigenvalue weighted by Gasteiger charge is -1.97. The second-order valence-electron chi connectivity index (χ2n) is 3.40. The van der Waals surface area contributed by atoms with E-state index in [1.165, 1.54) is 11.3 Å². The van der Waals surface area contributed by atoms with E-state index in [0.717, 1.165) is 10.6 Å². The number of nitrogens with one attached hydrogen (secondary N) is 1. The molecular weight excluding hydrogens is 256 g/mol. The molecule has 0 saturated heterocycles. The number of carbonyl (C=O) groups excluding carboxylic acids is 1. The van der Waals surface area contributed by atoms with Gasteiger partial charge in [0, 0.05) is 22.5 Å². The molecule has 0 atom stereocenters. The largest absolute Gasteiger partial charge is 0.351 e. The quantitative estimate of drug-likeness (QED) is 0.927. The Balaban J connectivity index is 2.23. The summed E-state index contributed by atoms with van der Waals surface area (Å²) < 4.78 is 0. The lowest BCUT2D eigenvalue weighted by molar-refractivity contribution is 0.0951. The number of rotatable bonds is 3. The SMILES string of the molecule is CCNC(=O)c1csc(-c2ccc(Cl)cc2)n1. The Morgan fingerprint density at radius 2 is 2.12 bits per heavy atom. The van der Waals surface area contributed by atoms with Crippen molar-refractivity contribution < 1.29 is 4.79 Å². The molecule has 2 aromatic rings. The van der Waals surface area contributed by atoms with Crippen molar-refractivity contribution in [1.82, 2.24) is 10.3 Å². The molecule has 1 amide bonds. The first kappa shape index (κ1) is 12.1. The molecule has 0 saturated carbocycles. The molecule has 1 N–H and O–H groups in total. The molecule has 3 nitrogen and oxygen atoms in total. The van der Waals surface area contributed by atoms with Crippen LogP contribution in [0.1, 0.15) is 17.4 Å². The molecule has 0 aliphatic rings. The minimum absolute atomic E-state index is 0.135. The van der Waals surface area contributed by atoms with Crippen LogP contribution >= 0.6 is 22.9 Å². The number of amides is 1. The van der Waals surface area contributed by atoms with Gasteiger partial charge in [-0.3, -0.25) is 4.79 Å². The monoisotopic (exact) mass is 266 g/mol. The highest BCUT2D eigenvalue weighted by molar-refractivity contribution is 7.13. The molecule has 1 heterocycles. The molecule has 0 aliphatic heterocycles. The second-order valence-corrected chi connectivity index (χ2v) is 4.70. The van der Waals surface area contributed by atoms with Crippen molar-refractivity contribution in [2.24, 2.45) is 0 Å². The van der Waals surface area contributed by atoms with Crippen LogP contribution in [0.5, 0.6) is 0 Å². The standard InChI is InChI=1S/C12H11ClN2OS/c1-2-14-11(16)10-7-17-12(15-10)8-3-5-9(13)6-4-8/h3-7H,2H2,1H3,(H,14,16). The number of thiazole rings is 1. The van der Waals surface area contributed by atoms with Crippen LogP contribution in [0.3, 0.4) is 0 Å². The number of halogens is 1. The van der Waals surface area contributed by atoms with Crippen molar-refractivity contribution >= 4 is 28.8 Å². The second kappa shape index (κ2) is 5.29. The minimum Gasteiger partial charge on any atom is -0.351 e. The summed E-state index contributed by atoms with van der Waals surface area (Å²) in [5, 5.41) is 5.99. The fourth-order valence-corrected chi connectivity index (χ4v) is 2.29. The van der Waals surface area contributed by atoms with Gasteiger partial charge in [-0.1, -0.05) is 23.7 Å². The molecule has 0 radical (unpaired) electrons. The normalized spacial score (nSPS) is 10.2. The highest BCUT2D eigenvalue weighted by Crippen LogP contribution is 2.24. The fraction of sp³-hybridized carbons (Fsp3) is 0.167. The van der Waals surface area contributed by atoms with Crippen molar-refractivity contribution in [1.29, 1.82) is 0 Å². The summed E-state index contributed by atoms with van der Waals surface area (Å²) in [6, 6.07) is 7.40. The van der Waals surface area contributed by atoms with Gasteiger partial charge in [0.1, 0.15) is 10.7 Å². The highest BCUT2D eigenvalue weighted by atomic mass is 35.5. The first-order chi connectivity index (χ1) is 8.20. The summed E-state index contributed by atoms with van der Waals surface area (Å²) in [6.45, 7) is 2.48. The third-order valence-corrected chi connectivity index (χ3v) is 3.31. The van der Waals surface area contributed by atoms with E-state index in [-0.39, 0.29) is 5.91 Å². The summed E-state index contributed by atoms with van der Waals surface area (Å²) in [5.74, 6) is -0.135. The van der Waals surface area contributed by atoms with E-state index in [2.05, 4.69) is 10.3 Å². The summed E-state index contributed by atoms with van der Waals surface area (Å²) in [6.07, 6.45) is 0. The van der Waals surface area contributed by atoms with Gasteiger partial charge in [0.15, 0.2) is 0 Å². The third kappa shape index (κ3) is 2.84. The Kier molecular flexibility index (Phi) is 3.76. The molecule has 1 aromatic heterocycles. The fourth-order valence-electron chi connectivity index (χ4n) is 1.35. The van der Waals surface area contributed by atoms with E-state index in [1.807, 2.05) is 31.2 Å². The zero-order valence-corrected chi connectivity index (χ0v) is 10.8.